The molecular weight excluding hydrogens is 368 g/mol. The van der Waals surface area contributed by atoms with Crippen molar-refractivity contribution in [3.8, 4) is 11.4 Å². The van der Waals surface area contributed by atoms with E-state index in [1.54, 1.807) is 11.7 Å². The number of nitrogens with one attached hydrogen (secondary N) is 1. The van der Waals surface area contributed by atoms with Gasteiger partial charge in [0.15, 0.2) is 5.82 Å². The smallest absolute Gasteiger partial charge is 0.267 e. The first-order chi connectivity index (χ1) is 14.3. The van der Waals surface area contributed by atoms with Gasteiger partial charge in [-0.05, 0) is 24.3 Å². The van der Waals surface area contributed by atoms with E-state index in [2.05, 4.69) is 20.4 Å². The van der Waals surface area contributed by atoms with E-state index in [4.69, 9.17) is 4.74 Å². The predicted octanol–water partition coefficient (Wildman–Crippen LogP) is 1.45. The van der Waals surface area contributed by atoms with Crippen molar-refractivity contribution in [2.45, 2.75) is 6.54 Å². The SMILES string of the molecule is COc1cccc(-n2c(=O)c3ccccc3n3c(CN4CCNCC4)nnc23)c1. The van der Waals surface area contributed by atoms with Crippen LogP contribution in [0.4, 0.5) is 0 Å². The lowest BCUT2D eigenvalue weighted by Gasteiger charge is -2.26. The van der Waals surface area contributed by atoms with Crippen molar-refractivity contribution in [1.82, 2.24) is 29.4 Å². The van der Waals surface area contributed by atoms with Crippen molar-refractivity contribution in [2.75, 3.05) is 33.3 Å². The van der Waals surface area contributed by atoms with Crippen LogP contribution in [0.3, 0.4) is 0 Å². The van der Waals surface area contributed by atoms with Crippen molar-refractivity contribution in [3.05, 3.63) is 64.7 Å². The number of ether oxygens (including phenoxy) is 1. The van der Waals surface area contributed by atoms with Crippen LogP contribution in [0.2, 0.25) is 0 Å². The van der Waals surface area contributed by atoms with Crippen LogP contribution in [0.5, 0.6) is 5.75 Å². The minimum Gasteiger partial charge on any atom is -0.497 e. The van der Waals surface area contributed by atoms with Gasteiger partial charge in [-0.3, -0.25) is 14.1 Å². The molecule has 0 amide bonds. The fourth-order valence-electron chi connectivity index (χ4n) is 3.91. The Hall–Kier alpha value is -3.23. The molecule has 0 radical (unpaired) electrons. The molecule has 148 valence electrons. The third-order valence-electron chi connectivity index (χ3n) is 5.38. The van der Waals surface area contributed by atoms with E-state index in [0.29, 0.717) is 29.1 Å². The van der Waals surface area contributed by atoms with Gasteiger partial charge in [0.1, 0.15) is 5.75 Å². The van der Waals surface area contributed by atoms with E-state index in [0.717, 1.165) is 37.5 Å². The Balaban J connectivity index is 1.76. The normalized spacial score (nSPS) is 15.2. The zero-order chi connectivity index (χ0) is 19.8. The average molecular weight is 390 g/mol. The quantitative estimate of drug-likeness (QED) is 0.568. The van der Waals surface area contributed by atoms with Gasteiger partial charge < -0.3 is 10.1 Å². The molecule has 0 unspecified atom stereocenters. The minimum absolute atomic E-state index is 0.123. The Labute approximate surface area is 167 Å². The summed E-state index contributed by atoms with van der Waals surface area (Å²) >= 11 is 0. The van der Waals surface area contributed by atoms with Gasteiger partial charge in [-0.2, -0.15) is 0 Å². The van der Waals surface area contributed by atoms with Crippen LogP contribution in [0, 0.1) is 0 Å². The molecule has 1 N–H and O–H groups in total. The summed E-state index contributed by atoms with van der Waals surface area (Å²) in [5, 5.41) is 12.9. The number of benzene rings is 2. The van der Waals surface area contributed by atoms with E-state index < -0.39 is 0 Å². The molecule has 8 nitrogen and oxygen atoms in total. The molecule has 5 rings (SSSR count). The van der Waals surface area contributed by atoms with Crippen LogP contribution in [0.1, 0.15) is 5.82 Å². The van der Waals surface area contributed by atoms with Crippen molar-refractivity contribution < 1.29 is 4.74 Å². The lowest BCUT2D eigenvalue weighted by Crippen LogP contribution is -2.43. The van der Waals surface area contributed by atoms with Gasteiger partial charge in [0, 0.05) is 32.2 Å². The average Bonchev–Trinajstić information content (AvgIpc) is 3.18. The first-order valence-electron chi connectivity index (χ1n) is 9.71. The summed E-state index contributed by atoms with van der Waals surface area (Å²) in [5.41, 5.74) is 1.40. The van der Waals surface area contributed by atoms with E-state index in [9.17, 15) is 4.79 Å². The largest absolute Gasteiger partial charge is 0.497 e. The molecule has 0 spiro atoms. The Morgan fingerprint density at radius 1 is 1.07 bits per heavy atom. The standard InChI is InChI=1S/C21H22N6O2/c1-29-16-6-4-5-15(13-16)26-20(28)17-7-2-3-8-18(17)27-19(23-24-21(26)27)14-25-11-9-22-10-12-25/h2-8,13,22H,9-12,14H2,1H3. The summed E-state index contributed by atoms with van der Waals surface area (Å²) in [6.45, 7) is 4.53. The zero-order valence-electron chi connectivity index (χ0n) is 16.2. The molecule has 0 aliphatic carbocycles. The maximum atomic E-state index is 13.4. The van der Waals surface area contributed by atoms with Gasteiger partial charge in [-0.1, -0.05) is 18.2 Å². The molecule has 1 aliphatic heterocycles. The van der Waals surface area contributed by atoms with Crippen LogP contribution in [0.25, 0.3) is 22.4 Å². The fraction of sp³-hybridized carbons (Fsp3) is 0.286. The Bertz CT molecular complexity index is 1240. The first kappa shape index (κ1) is 17.8. The van der Waals surface area contributed by atoms with Crippen LogP contribution < -0.4 is 15.6 Å². The molecule has 4 aromatic rings. The van der Waals surface area contributed by atoms with E-state index in [1.165, 1.54) is 0 Å². The Kier molecular flexibility index (Phi) is 4.49. The number of para-hydroxylation sites is 1. The van der Waals surface area contributed by atoms with Gasteiger partial charge >= 0.3 is 0 Å². The van der Waals surface area contributed by atoms with E-state index in [-0.39, 0.29) is 5.56 Å². The summed E-state index contributed by atoms with van der Waals surface area (Å²) in [7, 11) is 1.61. The number of hydrogen-bond acceptors (Lipinski definition) is 6. The number of piperazine rings is 1. The number of nitrogens with zero attached hydrogens (tertiary/aromatic N) is 5. The monoisotopic (exact) mass is 390 g/mol. The molecule has 3 heterocycles. The van der Waals surface area contributed by atoms with E-state index in [1.807, 2.05) is 52.9 Å². The highest BCUT2D eigenvalue weighted by Crippen LogP contribution is 2.21. The molecular formula is C21H22N6O2. The number of methoxy groups -OCH3 is 1. The minimum atomic E-state index is -0.123. The summed E-state index contributed by atoms with van der Waals surface area (Å²) in [5.74, 6) is 2.02. The molecule has 1 fully saturated rings. The van der Waals surface area contributed by atoms with Gasteiger partial charge in [0.25, 0.3) is 5.56 Å². The highest BCUT2D eigenvalue weighted by molar-refractivity contribution is 5.81. The van der Waals surface area contributed by atoms with Crippen LogP contribution in [-0.2, 0) is 6.54 Å². The van der Waals surface area contributed by atoms with Crippen LogP contribution in [-0.4, -0.2) is 57.4 Å². The van der Waals surface area contributed by atoms with Crippen molar-refractivity contribution >= 4 is 16.7 Å². The maximum absolute atomic E-state index is 13.4. The third-order valence-corrected chi connectivity index (χ3v) is 5.38. The van der Waals surface area contributed by atoms with Crippen molar-refractivity contribution in [1.29, 1.82) is 0 Å². The summed E-state index contributed by atoms with van der Waals surface area (Å²) in [6, 6.07) is 15.0. The van der Waals surface area contributed by atoms with Crippen LogP contribution >= 0.6 is 0 Å². The summed E-state index contributed by atoms with van der Waals surface area (Å²) in [4.78, 5) is 15.7. The molecule has 0 atom stereocenters. The van der Waals surface area contributed by atoms with Gasteiger partial charge in [-0.25, -0.2) is 4.57 Å². The van der Waals surface area contributed by atoms with Gasteiger partial charge in [-0.15, -0.1) is 10.2 Å². The Morgan fingerprint density at radius 3 is 2.72 bits per heavy atom. The van der Waals surface area contributed by atoms with Crippen LogP contribution in [0.15, 0.2) is 53.3 Å². The molecule has 2 aromatic carbocycles. The number of aromatic nitrogens is 4. The maximum Gasteiger partial charge on any atom is 0.267 e. The number of hydrogen-bond donors (Lipinski definition) is 1. The molecule has 1 aliphatic rings. The highest BCUT2D eigenvalue weighted by atomic mass is 16.5. The second-order valence-corrected chi connectivity index (χ2v) is 7.14. The molecule has 29 heavy (non-hydrogen) atoms. The second kappa shape index (κ2) is 7.31. The number of fused-ring (bicyclic) bond motifs is 3. The molecule has 0 saturated carbocycles. The fourth-order valence-corrected chi connectivity index (χ4v) is 3.91. The topological polar surface area (TPSA) is 76.7 Å². The molecule has 0 bridgehead atoms. The zero-order valence-corrected chi connectivity index (χ0v) is 16.2. The third kappa shape index (κ3) is 3.06. The second-order valence-electron chi connectivity index (χ2n) is 7.14. The van der Waals surface area contributed by atoms with Gasteiger partial charge in [0.05, 0.1) is 30.2 Å². The molecule has 8 heteroatoms. The summed E-state index contributed by atoms with van der Waals surface area (Å²) in [6.07, 6.45) is 0. The highest BCUT2D eigenvalue weighted by Gasteiger charge is 2.20. The first-order valence-corrected chi connectivity index (χ1v) is 9.71. The number of rotatable bonds is 4. The Morgan fingerprint density at radius 2 is 1.90 bits per heavy atom. The lowest BCUT2D eigenvalue weighted by atomic mass is 10.2. The van der Waals surface area contributed by atoms with Crippen molar-refractivity contribution in [2.24, 2.45) is 0 Å². The van der Waals surface area contributed by atoms with Gasteiger partial charge in [0.2, 0.25) is 5.78 Å². The molecule has 2 aromatic heterocycles. The van der Waals surface area contributed by atoms with E-state index >= 15 is 0 Å². The predicted molar refractivity (Wildman–Crippen MR) is 111 cm³/mol. The lowest BCUT2D eigenvalue weighted by molar-refractivity contribution is 0.227. The molecule has 1 saturated heterocycles. The summed E-state index contributed by atoms with van der Waals surface area (Å²) < 4.78 is 8.96. The van der Waals surface area contributed by atoms with Crippen molar-refractivity contribution in [3.63, 3.8) is 0 Å².